The van der Waals surface area contributed by atoms with E-state index in [0.29, 0.717) is 21.5 Å². The van der Waals surface area contributed by atoms with Crippen LogP contribution in [0.1, 0.15) is 12.5 Å². The molecule has 6 heteroatoms. The number of hydrogen-bond donors (Lipinski definition) is 1. The molecule has 1 N–H and O–H groups in total. The Hall–Kier alpha value is -2.56. The number of nitrogens with zero attached hydrogens (tertiary/aromatic N) is 1. The third-order valence-electron chi connectivity index (χ3n) is 3.78. The minimum Gasteiger partial charge on any atom is -0.484 e. The normalized spacial score (nSPS) is 11.4. The monoisotopic (exact) mass is 386 g/mol. The summed E-state index contributed by atoms with van der Waals surface area (Å²) in [6.45, 7) is 1.64. The van der Waals surface area contributed by atoms with Crippen LogP contribution in [0, 0.1) is 0 Å². The molecular formula is C20H16Cl2N2O2. The van der Waals surface area contributed by atoms with E-state index in [2.05, 4.69) is 10.5 Å². The summed E-state index contributed by atoms with van der Waals surface area (Å²) in [6, 6.07) is 18.8. The smallest absolute Gasteiger partial charge is 0.277 e. The van der Waals surface area contributed by atoms with Crippen LogP contribution in [-0.4, -0.2) is 18.2 Å². The molecule has 1 amide bonds. The van der Waals surface area contributed by atoms with E-state index in [9.17, 15) is 4.79 Å². The molecule has 0 heterocycles. The largest absolute Gasteiger partial charge is 0.484 e. The van der Waals surface area contributed by atoms with Crippen LogP contribution >= 0.6 is 23.2 Å². The highest BCUT2D eigenvalue weighted by Crippen LogP contribution is 2.23. The predicted molar refractivity (Wildman–Crippen MR) is 106 cm³/mol. The van der Waals surface area contributed by atoms with Gasteiger partial charge in [0.2, 0.25) is 0 Å². The highest BCUT2D eigenvalue weighted by atomic mass is 35.5. The third-order valence-corrected chi connectivity index (χ3v) is 4.52. The number of carbonyl (C=O) groups excluding carboxylic acids is 1. The second-order valence-corrected chi connectivity index (χ2v) is 6.47. The van der Waals surface area contributed by atoms with Gasteiger partial charge in [-0.05, 0) is 47.5 Å². The van der Waals surface area contributed by atoms with Gasteiger partial charge < -0.3 is 4.74 Å². The maximum atomic E-state index is 11.9. The van der Waals surface area contributed by atoms with Crippen LogP contribution in [0.4, 0.5) is 0 Å². The summed E-state index contributed by atoms with van der Waals surface area (Å²) in [5.41, 5.74) is 3.86. The van der Waals surface area contributed by atoms with Crippen LogP contribution in [-0.2, 0) is 4.79 Å². The van der Waals surface area contributed by atoms with E-state index < -0.39 is 0 Å². The topological polar surface area (TPSA) is 50.7 Å². The number of nitrogens with one attached hydrogen (secondary N) is 1. The van der Waals surface area contributed by atoms with Crippen LogP contribution in [0.15, 0.2) is 65.8 Å². The molecule has 26 heavy (non-hydrogen) atoms. The van der Waals surface area contributed by atoms with Gasteiger partial charge in [0.15, 0.2) is 6.61 Å². The van der Waals surface area contributed by atoms with Gasteiger partial charge in [0, 0.05) is 0 Å². The number of fused-ring (bicyclic) bond motifs is 1. The van der Waals surface area contributed by atoms with E-state index in [1.807, 2.05) is 42.5 Å². The SMILES string of the molecule is C/C(=N\NC(=O)COc1ccc2ccccc2c1)c1ccc(Cl)c(Cl)c1. The van der Waals surface area contributed by atoms with Crippen LogP contribution in [0.3, 0.4) is 0 Å². The average molecular weight is 387 g/mol. The minimum absolute atomic E-state index is 0.128. The maximum absolute atomic E-state index is 11.9. The molecule has 3 rings (SSSR count). The molecule has 0 saturated carbocycles. The maximum Gasteiger partial charge on any atom is 0.277 e. The first kappa shape index (κ1) is 18.2. The number of amides is 1. The van der Waals surface area contributed by atoms with Crippen LogP contribution in [0.25, 0.3) is 10.8 Å². The summed E-state index contributed by atoms with van der Waals surface area (Å²) < 4.78 is 5.53. The number of rotatable bonds is 5. The van der Waals surface area contributed by atoms with E-state index in [0.717, 1.165) is 16.3 Å². The summed E-state index contributed by atoms with van der Waals surface area (Å²) in [5, 5.41) is 7.14. The number of halogens is 2. The number of benzene rings is 3. The van der Waals surface area contributed by atoms with Crippen molar-refractivity contribution in [3.05, 3.63) is 76.3 Å². The van der Waals surface area contributed by atoms with E-state index >= 15 is 0 Å². The number of hydrogen-bond acceptors (Lipinski definition) is 3. The van der Waals surface area contributed by atoms with Gasteiger partial charge >= 0.3 is 0 Å². The fraction of sp³-hybridized carbons (Fsp3) is 0.100. The molecule has 0 aromatic heterocycles. The van der Waals surface area contributed by atoms with Gasteiger partial charge in [-0.1, -0.05) is 59.6 Å². The molecular weight excluding hydrogens is 371 g/mol. The van der Waals surface area contributed by atoms with Crippen LogP contribution < -0.4 is 10.2 Å². The van der Waals surface area contributed by atoms with Crippen molar-refractivity contribution in [1.82, 2.24) is 5.43 Å². The summed E-state index contributed by atoms with van der Waals surface area (Å²) in [6.07, 6.45) is 0. The van der Waals surface area contributed by atoms with Gasteiger partial charge in [-0.15, -0.1) is 0 Å². The molecule has 3 aromatic rings. The van der Waals surface area contributed by atoms with E-state index in [1.165, 1.54) is 0 Å². The molecule has 0 fully saturated rings. The summed E-state index contributed by atoms with van der Waals surface area (Å²) in [7, 11) is 0. The second-order valence-electron chi connectivity index (χ2n) is 5.66. The van der Waals surface area contributed by atoms with Gasteiger partial charge in [-0.25, -0.2) is 5.43 Å². The first-order chi connectivity index (χ1) is 12.5. The van der Waals surface area contributed by atoms with Crippen molar-refractivity contribution in [3.63, 3.8) is 0 Å². The van der Waals surface area contributed by atoms with Crippen molar-refractivity contribution >= 4 is 45.6 Å². The number of hydrazone groups is 1. The number of carbonyl (C=O) groups is 1. The Bertz CT molecular complexity index is 986. The van der Waals surface area contributed by atoms with Gasteiger partial charge in [0.05, 0.1) is 15.8 Å². The minimum atomic E-state index is -0.349. The molecule has 3 aromatic carbocycles. The molecule has 0 aliphatic carbocycles. The molecule has 0 unspecified atom stereocenters. The molecule has 0 radical (unpaired) electrons. The third kappa shape index (κ3) is 4.54. The predicted octanol–water partition coefficient (Wildman–Crippen LogP) is 5.07. The fourth-order valence-corrected chi connectivity index (χ4v) is 2.67. The first-order valence-electron chi connectivity index (χ1n) is 7.93. The zero-order chi connectivity index (χ0) is 18.5. The number of ether oxygens (including phenoxy) is 1. The molecule has 4 nitrogen and oxygen atoms in total. The quantitative estimate of drug-likeness (QED) is 0.491. The van der Waals surface area contributed by atoms with E-state index in [1.54, 1.807) is 25.1 Å². The van der Waals surface area contributed by atoms with Gasteiger partial charge in [0.1, 0.15) is 5.75 Å². The van der Waals surface area contributed by atoms with Crippen molar-refractivity contribution in [2.45, 2.75) is 6.92 Å². The molecule has 0 aliphatic heterocycles. The molecule has 0 aliphatic rings. The van der Waals surface area contributed by atoms with Gasteiger partial charge in [-0.3, -0.25) is 4.79 Å². The van der Waals surface area contributed by atoms with Gasteiger partial charge in [-0.2, -0.15) is 5.10 Å². The first-order valence-corrected chi connectivity index (χ1v) is 8.69. The Morgan fingerprint density at radius 2 is 1.77 bits per heavy atom. The molecule has 0 atom stereocenters. The Balaban J connectivity index is 1.58. The van der Waals surface area contributed by atoms with Crippen molar-refractivity contribution in [3.8, 4) is 5.75 Å². The summed E-state index contributed by atoms with van der Waals surface area (Å²) >= 11 is 11.9. The standard InChI is InChI=1S/C20H16Cl2N2O2/c1-13(15-7-9-18(21)19(22)11-15)23-24-20(25)12-26-17-8-6-14-4-2-3-5-16(14)10-17/h2-11H,12H2,1H3,(H,24,25)/b23-13+. The average Bonchev–Trinajstić information content (AvgIpc) is 2.66. The summed E-state index contributed by atoms with van der Waals surface area (Å²) in [4.78, 5) is 11.9. The zero-order valence-electron chi connectivity index (χ0n) is 14.0. The van der Waals surface area contributed by atoms with Gasteiger partial charge in [0.25, 0.3) is 5.91 Å². The Morgan fingerprint density at radius 3 is 2.54 bits per heavy atom. The second kappa shape index (κ2) is 8.21. The molecule has 0 bridgehead atoms. The Morgan fingerprint density at radius 1 is 1.00 bits per heavy atom. The molecule has 0 saturated heterocycles. The lowest BCUT2D eigenvalue weighted by atomic mass is 10.1. The van der Waals surface area contributed by atoms with Crippen molar-refractivity contribution in [2.75, 3.05) is 6.61 Å². The lowest BCUT2D eigenvalue weighted by molar-refractivity contribution is -0.123. The van der Waals surface area contributed by atoms with Crippen molar-refractivity contribution < 1.29 is 9.53 Å². The Labute approximate surface area is 161 Å². The van der Waals surface area contributed by atoms with Crippen LogP contribution in [0.2, 0.25) is 10.0 Å². The highest BCUT2D eigenvalue weighted by Gasteiger charge is 2.05. The summed E-state index contributed by atoms with van der Waals surface area (Å²) in [5.74, 6) is 0.279. The fourth-order valence-electron chi connectivity index (χ4n) is 2.37. The van der Waals surface area contributed by atoms with E-state index in [-0.39, 0.29) is 12.5 Å². The molecule has 132 valence electrons. The van der Waals surface area contributed by atoms with E-state index in [4.69, 9.17) is 27.9 Å². The zero-order valence-corrected chi connectivity index (χ0v) is 15.5. The van der Waals surface area contributed by atoms with Crippen molar-refractivity contribution in [2.24, 2.45) is 5.10 Å². The molecule has 0 spiro atoms. The van der Waals surface area contributed by atoms with Crippen molar-refractivity contribution in [1.29, 1.82) is 0 Å². The highest BCUT2D eigenvalue weighted by molar-refractivity contribution is 6.42. The lowest BCUT2D eigenvalue weighted by Gasteiger charge is -2.07. The van der Waals surface area contributed by atoms with Crippen LogP contribution in [0.5, 0.6) is 5.75 Å². The Kier molecular flexibility index (Phi) is 5.76. The lowest BCUT2D eigenvalue weighted by Crippen LogP contribution is -2.25.